The zero-order valence-corrected chi connectivity index (χ0v) is 9.56. The Kier molecular flexibility index (Phi) is 3.25. The third-order valence-corrected chi connectivity index (χ3v) is 3.30. The topological polar surface area (TPSA) is 9.23 Å². The van der Waals surface area contributed by atoms with Crippen LogP contribution in [0.2, 0.25) is 0 Å². The first-order valence-electron chi connectivity index (χ1n) is 5.71. The summed E-state index contributed by atoms with van der Waals surface area (Å²) >= 11 is 0. The molecule has 16 heavy (non-hydrogen) atoms. The van der Waals surface area contributed by atoms with E-state index < -0.39 is 0 Å². The Morgan fingerprint density at radius 3 is 2.25 bits per heavy atom. The van der Waals surface area contributed by atoms with Crippen LogP contribution in [0.1, 0.15) is 24.5 Å². The summed E-state index contributed by atoms with van der Waals surface area (Å²) in [6.45, 7) is 8.51. The van der Waals surface area contributed by atoms with Gasteiger partial charge in [-0.05, 0) is 18.4 Å². The van der Waals surface area contributed by atoms with E-state index >= 15 is 0 Å². The minimum atomic E-state index is 0.185. The molecular formula is C15H18O. The maximum Gasteiger partial charge on any atom is 0.0909 e. The van der Waals surface area contributed by atoms with Crippen LogP contribution < -0.4 is 0 Å². The number of hydrogen-bond donors (Lipinski definition) is 0. The van der Waals surface area contributed by atoms with Gasteiger partial charge in [0.25, 0.3) is 0 Å². The number of hydrogen-bond acceptors (Lipinski definition) is 1. The Morgan fingerprint density at radius 1 is 1.19 bits per heavy atom. The maximum absolute atomic E-state index is 5.74. The van der Waals surface area contributed by atoms with Crippen molar-refractivity contribution in [3.05, 3.63) is 61.2 Å². The average molecular weight is 214 g/mol. The lowest BCUT2D eigenvalue weighted by atomic mass is 9.70. The molecule has 1 aliphatic heterocycles. The van der Waals surface area contributed by atoms with Gasteiger partial charge in [0.2, 0.25) is 0 Å². The van der Waals surface area contributed by atoms with Gasteiger partial charge in [-0.3, -0.25) is 0 Å². The summed E-state index contributed by atoms with van der Waals surface area (Å²) in [5.41, 5.74) is 1.45. The summed E-state index contributed by atoms with van der Waals surface area (Å²) in [5, 5.41) is 0. The molecule has 1 saturated heterocycles. The molecule has 0 saturated carbocycles. The van der Waals surface area contributed by atoms with Gasteiger partial charge in [0.1, 0.15) is 0 Å². The number of benzene rings is 1. The van der Waals surface area contributed by atoms with Gasteiger partial charge in [-0.25, -0.2) is 0 Å². The van der Waals surface area contributed by atoms with Gasteiger partial charge in [0.05, 0.1) is 12.7 Å². The lowest BCUT2D eigenvalue weighted by molar-refractivity contribution is -0.188. The van der Waals surface area contributed by atoms with E-state index in [1.807, 2.05) is 18.2 Å². The quantitative estimate of drug-likeness (QED) is 0.675. The highest BCUT2D eigenvalue weighted by Crippen LogP contribution is 2.51. The standard InChI is InChI=1S/C15H18O/c1-3-10-15(11-4-2)12-16-14(15)13-8-6-5-7-9-13/h3-9,14H,1-2,10-12H2. The highest BCUT2D eigenvalue weighted by Gasteiger charge is 2.47. The number of ether oxygens (including phenoxy) is 1. The summed E-state index contributed by atoms with van der Waals surface area (Å²) in [4.78, 5) is 0. The zero-order chi connectivity index (χ0) is 11.4. The largest absolute Gasteiger partial charge is 0.372 e. The Balaban J connectivity index is 2.22. The first-order valence-corrected chi connectivity index (χ1v) is 5.71. The van der Waals surface area contributed by atoms with Crippen molar-refractivity contribution in [3.63, 3.8) is 0 Å². The molecule has 0 spiro atoms. The van der Waals surface area contributed by atoms with Crippen LogP contribution in [0.25, 0.3) is 0 Å². The molecule has 2 rings (SSSR count). The maximum atomic E-state index is 5.74. The second-order valence-corrected chi connectivity index (χ2v) is 4.45. The minimum absolute atomic E-state index is 0.185. The van der Waals surface area contributed by atoms with Gasteiger partial charge in [0.15, 0.2) is 0 Å². The molecule has 1 atom stereocenters. The van der Waals surface area contributed by atoms with Gasteiger partial charge in [0, 0.05) is 5.41 Å². The third-order valence-electron chi connectivity index (χ3n) is 3.30. The van der Waals surface area contributed by atoms with E-state index in [1.165, 1.54) is 5.56 Å². The molecule has 1 aliphatic rings. The van der Waals surface area contributed by atoms with Crippen LogP contribution in [0.5, 0.6) is 0 Å². The lowest BCUT2D eigenvalue weighted by Crippen LogP contribution is -2.44. The molecule has 0 aliphatic carbocycles. The Hall–Kier alpha value is -1.34. The molecule has 1 unspecified atom stereocenters. The predicted octanol–water partition coefficient (Wildman–Crippen LogP) is 3.90. The fourth-order valence-corrected chi connectivity index (χ4v) is 2.47. The van der Waals surface area contributed by atoms with E-state index in [4.69, 9.17) is 4.74 Å². The molecule has 1 fully saturated rings. The summed E-state index contributed by atoms with van der Waals surface area (Å²) in [7, 11) is 0. The smallest absolute Gasteiger partial charge is 0.0909 e. The minimum Gasteiger partial charge on any atom is -0.372 e. The molecule has 1 heterocycles. The van der Waals surface area contributed by atoms with Crippen LogP contribution >= 0.6 is 0 Å². The molecule has 1 aromatic carbocycles. The van der Waals surface area contributed by atoms with Crippen molar-refractivity contribution >= 4 is 0 Å². The number of allylic oxidation sites excluding steroid dienone is 2. The summed E-state index contributed by atoms with van der Waals surface area (Å²) in [6.07, 6.45) is 6.14. The first kappa shape index (κ1) is 11.2. The van der Waals surface area contributed by atoms with E-state index in [-0.39, 0.29) is 11.5 Å². The summed E-state index contributed by atoms with van der Waals surface area (Å²) in [5.74, 6) is 0. The monoisotopic (exact) mass is 214 g/mol. The third kappa shape index (κ3) is 1.83. The molecule has 84 valence electrons. The molecule has 0 N–H and O–H groups in total. The molecule has 0 amide bonds. The van der Waals surface area contributed by atoms with Gasteiger partial charge in [-0.1, -0.05) is 42.5 Å². The number of rotatable bonds is 5. The Bertz CT molecular complexity index is 356. The van der Waals surface area contributed by atoms with E-state index in [1.54, 1.807) is 0 Å². The Morgan fingerprint density at radius 2 is 1.81 bits per heavy atom. The summed E-state index contributed by atoms with van der Waals surface area (Å²) < 4.78 is 5.74. The zero-order valence-electron chi connectivity index (χ0n) is 9.56. The van der Waals surface area contributed by atoms with E-state index in [2.05, 4.69) is 37.4 Å². The van der Waals surface area contributed by atoms with E-state index in [0.717, 1.165) is 19.4 Å². The van der Waals surface area contributed by atoms with Crippen molar-refractivity contribution in [1.82, 2.24) is 0 Å². The SMILES string of the molecule is C=CCC1(CC=C)COC1c1ccccc1. The molecule has 1 heteroatoms. The summed E-state index contributed by atoms with van der Waals surface area (Å²) in [6, 6.07) is 10.4. The van der Waals surface area contributed by atoms with Crippen molar-refractivity contribution in [2.24, 2.45) is 5.41 Å². The van der Waals surface area contributed by atoms with Crippen LogP contribution in [0.3, 0.4) is 0 Å². The fraction of sp³-hybridized carbons (Fsp3) is 0.333. The van der Waals surface area contributed by atoms with Crippen molar-refractivity contribution in [3.8, 4) is 0 Å². The van der Waals surface area contributed by atoms with Gasteiger partial charge in [-0.2, -0.15) is 0 Å². The van der Waals surface area contributed by atoms with Crippen molar-refractivity contribution in [2.45, 2.75) is 18.9 Å². The van der Waals surface area contributed by atoms with Crippen molar-refractivity contribution in [2.75, 3.05) is 6.61 Å². The van der Waals surface area contributed by atoms with Crippen LogP contribution in [0.4, 0.5) is 0 Å². The van der Waals surface area contributed by atoms with Crippen molar-refractivity contribution in [1.29, 1.82) is 0 Å². The molecular weight excluding hydrogens is 196 g/mol. The second-order valence-electron chi connectivity index (χ2n) is 4.45. The van der Waals surface area contributed by atoms with Crippen LogP contribution in [-0.4, -0.2) is 6.61 Å². The van der Waals surface area contributed by atoms with Crippen LogP contribution in [0, 0.1) is 5.41 Å². The average Bonchev–Trinajstić information content (AvgIpc) is 2.29. The molecule has 0 radical (unpaired) electrons. The molecule has 0 aromatic heterocycles. The van der Waals surface area contributed by atoms with Gasteiger partial charge < -0.3 is 4.74 Å². The normalized spacial score (nSPS) is 22.1. The highest BCUT2D eigenvalue weighted by atomic mass is 16.5. The molecule has 1 aromatic rings. The fourth-order valence-electron chi connectivity index (χ4n) is 2.47. The lowest BCUT2D eigenvalue weighted by Gasteiger charge is -2.49. The second kappa shape index (κ2) is 4.67. The van der Waals surface area contributed by atoms with E-state index in [0.29, 0.717) is 0 Å². The molecule has 0 bridgehead atoms. The first-order chi connectivity index (χ1) is 7.82. The Labute approximate surface area is 97.4 Å². The van der Waals surface area contributed by atoms with Gasteiger partial charge >= 0.3 is 0 Å². The van der Waals surface area contributed by atoms with E-state index in [9.17, 15) is 0 Å². The highest BCUT2D eigenvalue weighted by molar-refractivity contribution is 5.23. The van der Waals surface area contributed by atoms with Crippen molar-refractivity contribution < 1.29 is 4.74 Å². The predicted molar refractivity (Wildman–Crippen MR) is 67.2 cm³/mol. The molecule has 1 nitrogen and oxygen atoms in total. The van der Waals surface area contributed by atoms with Crippen LogP contribution in [0.15, 0.2) is 55.6 Å². The van der Waals surface area contributed by atoms with Crippen LogP contribution in [-0.2, 0) is 4.74 Å². The van der Waals surface area contributed by atoms with Gasteiger partial charge in [-0.15, -0.1) is 13.2 Å².